The van der Waals surface area contributed by atoms with Crippen molar-refractivity contribution in [2.45, 2.75) is 352 Å². The monoisotopic (exact) mass is 1270 g/mol. The van der Waals surface area contributed by atoms with Gasteiger partial charge in [0.15, 0.2) is 6.29 Å². The number of hydrogen-bond donors (Lipinski definition) is 6. The number of aliphatic hydroxyl groups is 5. The largest absolute Gasteiger partial charge is 0.394 e. The average Bonchev–Trinajstić information content (AvgIpc) is 1.58. The van der Waals surface area contributed by atoms with Crippen molar-refractivity contribution in [1.29, 1.82) is 0 Å². The number of aliphatic hydroxyl groups excluding tert-OH is 5. The van der Waals surface area contributed by atoms with Gasteiger partial charge in [-0.1, -0.05) is 346 Å². The van der Waals surface area contributed by atoms with Crippen molar-refractivity contribution in [1.82, 2.24) is 5.32 Å². The summed E-state index contributed by atoms with van der Waals surface area (Å²) in [5.41, 5.74) is 0. The fourth-order valence-corrected chi connectivity index (χ4v) is 11.1. The van der Waals surface area contributed by atoms with E-state index in [2.05, 4.69) is 153 Å². The predicted molar refractivity (Wildman–Crippen MR) is 391 cm³/mol. The third-order valence-corrected chi connectivity index (χ3v) is 16.9. The van der Waals surface area contributed by atoms with Gasteiger partial charge >= 0.3 is 0 Å². The molecule has 0 radical (unpaired) electrons. The Morgan fingerprint density at radius 3 is 1.01 bits per heavy atom. The summed E-state index contributed by atoms with van der Waals surface area (Å²) in [5.74, 6) is -0.190. The lowest BCUT2D eigenvalue weighted by molar-refractivity contribution is -0.302. The maximum Gasteiger partial charge on any atom is 0.220 e. The first-order chi connectivity index (χ1) is 44.8. The molecule has 0 bridgehead atoms. The number of carbonyl (C=O) groups excluding carboxylic acids is 1. The third kappa shape index (κ3) is 57.3. The lowest BCUT2D eigenvalue weighted by Crippen LogP contribution is -2.60. The topological polar surface area (TPSA) is 149 Å². The summed E-state index contributed by atoms with van der Waals surface area (Å²) in [6.07, 6.45) is 99.5. The Balaban J connectivity index is 2.16. The summed E-state index contributed by atoms with van der Waals surface area (Å²) in [6, 6.07) is -0.823. The van der Waals surface area contributed by atoms with Gasteiger partial charge in [-0.3, -0.25) is 4.79 Å². The molecule has 1 aliphatic heterocycles. The number of carbonyl (C=O) groups is 1. The van der Waals surface area contributed by atoms with E-state index in [0.717, 1.165) is 122 Å². The lowest BCUT2D eigenvalue weighted by Gasteiger charge is -2.40. The molecule has 1 rings (SSSR count). The summed E-state index contributed by atoms with van der Waals surface area (Å²) in [4.78, 5) is 13.2. The smallest absolute Gasteiger partial charge is 0.220 e. The molecule has 9 heteroatoms. The molecule has 1 aliphatic rings. The lowest BCUT2D eigenvalue weighted by atomic mass is 9.99. The molecule has 1 heterocycles. The summed E-state index contributed by atoms with van der Waals surface area (Å²) >= 11 is 0. The molecule has 0 spiro atoms. The van der Waals surface area contributed by atoms with E-state index < -0.39 is 49.5 Å². The molecule has 0 saturated carbocycles. The van der Waals surface area contributed by atoms with Gasteiger partial charge in [-0.15, -0.1) is 0 Å². The SMILES string of the molecule is CC/C=C\C/C=C\C/C=C\C/C=C\C/C=C\C/C=C\C/C=C\C/C=C\C/C=C\C/C=C\C/C=C\CCCCCCCCCC(=O)NC(COC1OC(CO)C(O)C(O)C1O)C(O)/C=C/CCCCCCCCCCCCCCCCCCCCCCCCCCC. The molecule has 0 aliphatic carbocycles. The standard InChI is InChI=1S/C82H139NO8/c1-3-5-7-9-11-13-15-17-19-21-23-25-27-29-31-32-33-34-35-36-37-38-39-40-41-42-43-44-46-48-50-52-54-56-58-60-62-64-66-68-70-72-78(86)83-75(74-90-82-81(89)80(88)79(87)77(73-84)91-82)76(85)71-69-67-65-63-61-59-57-55-53-51-49-47-45-30-28-26-24-22-20-18-16-14-12-10-8-6-4-2/h5,7,11,13,17,19,23,25,29,31,33-34,36-37,39-40,42-43,46,48,52,54,69,71,75-77,79-82,84-85,87-89H,3-4,6,8-10,12,14-16,18,20-22,24,26-28,30,32,35,38,41,44-45,47,49-51,53,55-68,70,72-74H2,1-2H3,(H,83,86)/b7-5-,13-11-,19-17-,25-23-,31-29-,34-33-,37-36-,40-39-,43-42-,48-46-,54-52-,71-69+. The van der Waals surface area contributed by atoms with Crippen LogP contribution in [0.5, 0.6) is 0 Å². The van der Waals surface area contributed by atoms with Crippen LogP contribution in [0.4, 0.5) is 0 Å². The van der Waals surface area contributed by atoms with Gasteiger partial charge in [0, 0.05) is 6.42 Å². The Hall–Kier alpha value is -3.93. The van der Waals surface area contributed by atoms with Crippen LogP contribution in [0.2, 0.25) is 0 Å². The second kappa shape index (κ2) is 68.9. The van der Waals surface area contributed by atoms with Crippen LogP contribution in [0.1, 0.15) is 309 Å². The van der Waals surface area contributed by atoms with E-state index in [1.54, 1.807) is 6.08 Å². The van der Waals surface area contributed by atoms with E-state index in [4.69, 9.17) is 9.47 Å². The fourth-order valence-electron chi connectivity index (χ4n) is 11.1. The van der Waals surface area contributed by atoms with Crippen LogP contribution in [0.3, 0.4) is 0 Å². The minimum Gasteiger partial charge on any atom is -0.394 e. The van der Waals surface area contributed by atoms with Crippen LogP contribution in [-0.4, -0.2) is 87.5 Å². The number of rotatable bonds is 64. The van der Waals surface area contributed by atoms with Crippen molar-refractivity contribution < 1.29 is 39.8 Å². The molecular weight excluding hydrogens is 1130 g/mol. The van der Waals surface area contributed by atoms with Crippen LogP contribution >= 0.6 is 0 Å². The molecule has 1 fully saturated rings. The van der Waals surface area contributed by atoms with E-state index in [0.29, 0.717) is 6.42 Å². The molecule has 1 saturated heterocycles. The Labute approximate surface area is 559 Å². The number of nitrogens with one attached hydrogen (secondary N) is 1. The van der Waals surface area contributed by atoms with E-state index >= 15 is 0 Å². The highest BCUT2D eigenvalue weighted by Crippen LogP contribution is 2.23. The first-order valence-corrected chi connectivity index (χ1v) is 37.6. The van der Waals surface area contributed by atoms with E-state index in [1.165, 1.54) is 167 Å². The Morgan fingerprint density at radius 1 is 0.385 bits per heavy atom. The predicted octanol–water partition coefficient (Wildman–Crippen LogP) is 21.3. The highest BCUT2D eigenvalue weighted by atomic mass is 16.7. The summed E-state index contributed by atoms with van der Waals surface area (Å²) in [7, 11) is 0. The number of ether oxygens (including phenoxy) is 2. The maximum atomic E-state index is 13.2. The molecule has 9 nitrogen and oxygen atoms in total. The van der Waals surface area contributed by atoms with E-state index in [-0.39, 0.29) is 12.5 Å². The van der Waals surface area contributed by atoms with Crippen molar-refractivity contribution in [3.63, 3.8) is 0 Å². The third-order valence-electron chi connectivity index (χ3n) is 16.9. The fraction of sp³-hybridized carbons (Fsp3) is 0.695. The molecule has 0 aromatic rings. The molecular formula is C82H139NO8. The van der Waals surface area contributed by atoms with Gasteiger partial charge in [0.1, 0.15) is 24.4 Å². The summed E-state index contributed by atoms with van der Waals surface area (Å²) < 4.78 is 11.3. The van der Waals surface area contributed by atoms with Crippen LogP contribution in [0.25, 0.3) is 0 Å². The van der Waals surface area contributed by atoms with Crippen molar-refractivity contribution in [3.8, 4) is 0 Å². The maximum absolute atomic E-state index is 13.2. The molecule has 520 valence electrons. The highest BCUT2D eigenvalue weighted by Gasteiger charge is 2.44. The van der Waals surface area contributed by atoms with Gasteiger partial charge < -0.3 is 40.3 Å². The summed E-state index contributed by atoms with van der Waals surface area (Å²) in [6.45, 7) is 3.68. The minimum absolute atomic E-state index is 0.190. The number of hydrogen-bond acceptors (Lipinski definition) is 8. The van der Waals surface area contributed by atoms with Crippen molar-refractivity contribution in [3.05, 3.63) is 146 Å². The van der Waals surface area contributed by atoms with Gasteiger partial charge in [-0.25, -0.2) is 0 Å². The zero-order chi connectivity index (χ0) is 65.7. The normalized spacial score (nSPS) is 18.6. The molecule has 0 aromatic carbocycles. The van der Waals surface area contributed by atoms with Crippen LogP contribution < -0.4 is 5.32 Å². The van der Waals surface area contributed by atoms with E-state index in [1.807, 2.05) is 6.08 Å². The van der Waals surface area contributed by atoms with Crippen LogP contribution in [-0.2, 0) is 14.3 Å². The van der Waals surface area contributed by atoms with Crippen molar-refractivity contribution in [2.24, 2.45) is 0 Å². The van der Waals surface area contributed by atoms with Gasteiger partial charge in [0.25, 0.3) is 0 Å². The molecule has 1 amide bonds. The molecule has 7 unspecified atom stereocenters. The van der Waals surface area contributed by atoms with E-state index in [9.17, 15) is 30.3 Å². The second-order valence-corrected chi connectivity index (χ2v) is 25.4. The Morgan fingerprint density at radius 2 is 0.681 bits per heavy atom. The summed E-state index contributed by atoms with van der Waals surface area (Å²) in [5, 5.41) is 54.8. The number of unbranched alkanes of at least 4 members (excludes halogenated alkanes) is 32. The molecule has 91 heavy (non-hydrogen) atoms. The number of amides is 1. The first kappa shape index (κ1) is 85.1. The first-order valence-electron chi connectivity index (χ1n) is 37.6. The molecule has 0 aromatic heterocycles. The van der Waals surface area contributed by atoms with Gasteiger partial charge in [-0.05, 0) is 103 Å². The number of allylic oxidation sites excluding steroid dienone is 23. The average molecular weight is 1270 g/mol. The highest BCUT2D eigenvalue weighted by molar-refractivity contribution is 5.76. The van der Waals surface area contributed by atoms with Crippen molar-refractivity contribution >= 4 is 5.91 Å². The zero-order valence-corrected chi connectivity index (χ0v) is 58.3. The van der Waals surface area contributed by atoms with Crippen molar-refractivity contribution in [2.75, 3.05) is 13.2 Å². The second-order valence-electron chi connectivity index (χ2n) is 25.4. The van der Waals surface area contributed by atoms with Crippen LogP contribution in [0, 0.1) is 0 Å². The quantitative estimate of drug-likeness (QED) is 0.0261. The zero-order valence-electron chi connectivity index (χ0n) is 58.3. The van der Waals surface area contributed by atoms with Gasteiger partial charge in [-0.2, -0.15) is 0 Å². The molecule has 7 atom stereocenters. The Bertz CT molecular complexity index is 1950. The van der Waals surface area contributed by atoms with Crippen LogP contribution in [0.15, 0.2) is 146 Å². The van der Waals surface area contributed by atoms with Gasteiger partial charge in [0.2, 0.25) is 5.91 Å². The van der Waals surface area contributed by atoms with Gasteiger partial charge in [0.05, 0.1) is 25.4 Å². The minimum atomic E-state index is -1.58. The molecule has 6 N–H and O–H groups in total. The Kier molecular flexibility index (Phi) is 64.4.